The minimum atomic E-state index is 0.779. The fourth-order valence-corrected chi connectivity index (χ4v) is 1.49. The molecule has 0 radical (unpaired) electrons. The lowest BCUT2D eigenvalue weighted by Gasteiger charge is -2.18. The van der Waals surface area contributed by atoms with Crippen molar-refractivity contribution in [2.75, 3.05) is 13.1 Å². The summed E-state index contributed by atoms with van der Waals surface area (Å²) in [5.41, 5.74) is 2.08. The molecule has 0 aliphatic heterocycles. The third-order valence-corrected chi connectivity index (χ3v) is 2.47. The summed E-state index contributed by atoms with van der Waals surface area (Å²) >= 11 is 0. The van der Waals surface area contributed by atoms with Crippen LogP contribution in [-0.2, 0) is 4.79 Å². The first-order valence-electron chi connectivity index (χ1n) is 5.17. The van der Waals surface area contributed by atoms with Crippen LogP contribution >= 0.6 is 0 Å². The monoisotopic (exact) mass is 191 g/mol. The molecule has 1 rings (SSSR count). The van der Waals surface area contributed by atoms with Gasteiger partial charge in [-0.1, -0.05) is 6.08 Å². The van der Waals surface area contributed by atoms with Gasteiger partial charge in [-0.3, -0.25) is 0 Å². The number of nitrogens with zero attached hydrogens (tertiary/aromatic N) is 1. The van der Waals surface area contributed by atoms with Gasteiger partial charge in [-0.05, 0) is 38.3 Å². The third-order valence-electron chi connectivity index (χ3n) is 2.47. The van der Waals surface area contributed by atoms with E-state index in [0.717, 1.165) is 31.5 Å². The van der Waals surface area contributed by atoms with E-state index in [1.54, 1.807) is 0 Å². The molecule has 0 amide bonds. The van der Waals surface area contributed by atoms with Crippen LogP contribution in [0, 0.1) is 0 Å². The minimum Gasteiger partial charge on any atom is -0.378 e. The Bertz CT molecular complexity index is 291. The van der Waals surface area contributed by atoms with Crippen LogP contribution in [0.4, 0.5) is 0 Å². The van der Waals surface area contributed by atoms with E-state index in [0.29, 0.717) is 0 Å². The first-order chi connectivity index (χ1) is 6.80. The summed E-state index contributed by atoms with van der Waals surface area (Å²) in [5, 5.41) is 0. The van der Waals surface area contributed by atoms with E-state index in [9.17, 15) is 4.79 Å². The lowest BCUT2D eigenvalue weighted by Crippen LogP contribution is -2.16. The fraction of sp³-hybridized carbons (Fsp3) is 0.500. The molecule has 2 heteroatoms. The number of rotatable bonds is 3. The van der Waals surface area contributed by atoms with Crippen LogP contribution in [0.25, 0.3) is 0 Å². The molecule has 0 saturated carbocycles. The van der Waals surface area contributed by atoms with Gasteiger partial charge in [-0.2, -0.15) is 0 Å². The normalized spacial score (nSPS) is 18.4. The zero-order valence-corrected chi connectivity index (χ0v) is 8.92. The molecule has 0 heterocycles. The van der Waals surface area contributed by atoms with Crippen LogP contribution in [0.2, 0.25) is 0 Å². The topological polar surface area (TPSA) is 20.3 Å². The van der Waals surface area contributed by atoms with Gasteiger partial charge in [-0.15, -0.1) is 0 Å². The quantitative estimate of drug-likeness (QED) is 0.638. The Balaban J connectivity index is 2.68. The summed E-state index contributed by atoms with van der Waals surface area (Å²) in [6.07, 6.45) is 7.84. The highest BCUT2D eigenvalue weighted by molar-refractivity contribution is 5.59. The van der Waals surface area contributed by atoms with E-state index in [4.69, 9.17) is 0 Å². The molecule has 14 heavy (non-hydrogen) atoms. The van der Waals surface area contributed by atoms with Gasteiger partial charge in [0.2, 0.25) is 0 Å². The summed E-state index contributed by atoms with van der Waals surface area (Å²) in [7, 11) is 0. The molecule has 76 valence electrons. The smallest absolute Gasteiger partial charge is 0.127 e. The zero-order valence-electron chi connectivity index (χ0n) is 8.92. The fourth-order valence-electron chi connectivity index (χ4n) is 1.49. The molecule has 1 aliphatic rings. The standard InChI is InChI=1S/C12H17NO/c1-3-13(4-2)9-11-5-7-12(10-14)8-6-11/h5,7,9H,3-4,6,8H2,1-2H3/b11-9+. The van der Waals surface area contributed by atoms with Gasteiger partial charge in [0.05, 0.1) is 0 Å². The Morgan fingerprint density at radius 1 is 1.36 bits per heavy atom. The number of hydrogen-bond acceptors (Lipinski definition) is 2. The summed E-state index contributed by atoms with van der Waals surface area (Å²) in [6, 6.07) is 0. The van der Waals surface area contributed by atoms with Crippen molar-refractivity contribution < 1.29 is 4.79 Å². The van der Waals surface area contributed by atoms with Crippen molar-refractivity contribution in [2.24, 2.45) is 0 Å². The van der Waals surface area contributed by atoms with Crippen molar-refractivity contribution in [1.82, 2.24) is 4.90 Å². The molecule has 2 nitrogen and oxygen atoms in total. The molecule has 0 unspecified atom stereocenters. The molecule has 0 spiro atoms. The van der Waals surface area contributed by atoms with Gasteiger partial charge in [0.25, 0.3) is 0 Å². The molecule has 0 aromatic heterocycles. The van der Waals surface area contributed by atoms with Crippen molar-refractivity contribution >= 4 is 5.94 Å². The van der Waals surface area contributed by atoms with Gasteiger partial charge in [0, 0.05) is 24.9 Å². The van der Waals surface area contributed by atoms with Crippen LogP contribution in [0.1, 0.15) is 26.7 Å². The van der Waals surface area contributed by atoms with Gasteiger partial charge < -0.3 is 4.90 Å². The Hall–Kier alpha value is -1.27. The van der Waals surface area contributed by atoms with E-state index >= 15 is 0 Å². The Morgan fingerprint density at radius 3 is 2.50 bits per heavy atom. The maximum Gasteiger partial charge on any atom is 0.127 e. The highest BCUT2D eigenvalue weighted by Crippen LogP contribution is 2.19. The summed E-state index contributed by atoms with van der Waals surface area (Å²) in [6.45, 7) is 6.35. The molecule has 0 aromatic rings. The largest absolute Gasteiger partial charge is 0.378 e. The maximum atomic E-state index is 10.4. The Labute approximate surface area is 85.6 Å². The van der Waals surface area contributed by atoms with Crippen molar-refractivity contribution in [2.45, 2.75) is 26.7 Å². The van der Waals surface area contributed by atoms with E-state index in [1.807, 2.05) is 18.1 Å². The second-order valence-corrected chi connectivity index (χ2v) is 3.39. The lowest BCUT2D eigenvalue weighted by atomic mass is 9.99. The van der Waals surface area contributed by atoms with E-state index in [1.165, 1.54) is 5.57 Å². The minimum absolute atomic E-state index is 0.779. The Morgan fingerprint density at radius 2 is 2.07 bits per heavy atom. The summed E-state index contributed by atoms with van der Waals surface area (Å²) < 4.78 is 0. The zero-order chi connectivity index (χ0) is 10.4. The van der Waals surface area contributed by atoms with E-state index in [-0.39, 0.29) is 0 Å². The van der Waals surface area contributed by atoms with E-state index in [2.05, 4.69) is 24.9 Å². The second kappa shape index (κ2) is 5.46. The molecule has 0 fully saturated rings. The van der Waals surface area contributed by atoms with Crippen LogP contribution < -0.4 is 0 Å². The average Bonchev–Trinajstić information content (AvgIpc) is 2.26. The molecule has 0 atom stereocenters. The average molecular weight is 191 g/mol. The van der Waals surface area contributed by atoms with Crippen LogP contribution in [0.5, 0.6) is 0 Å². The van der Waals surface area contributed by atoms with Crippen molar-refractivity contribution in [3.8, 4) is 0 Å². The first-order valence-corrected chi connectivity index (χ1v) is 5.17. The van der Waals surface area contributed by atoms with Crippen molar-refractivity contribution in [3.63, 3.8) is 0 Å². The van der Waals surface area contributed by atoms with Crippen LogP contribution in [-0.4, -0.2) is 23.9 Å². The highest BCUT2D eigenvalue weighted by atomic mass is 16.1. The SMILES string of the molecule is CCN(/C=C1\C=CC(=C=O)CC1)CC. The summed E-state index contributed by atoms with van der Waals surface area (Å²) in [4.78, 5) is 12.6. The van der Waals surface area contributed by atoms with Crippen molar-refractivity contribution in [1.29, 1.82) is 0 Å². The van der Waals surface area contributed by atoms with E-state index < -0.39 is 0 Å². The molecular weight excluding hydrogens is 174 g/mol. The summed E-state index contributed by atoms with van der Waals surface area (Å²) in [5.74, 6) is 1.94. The molecule has 0 aromatic carbocycles. The first kappa shape index (κ1) is 10.8. The number of allylic oxidation sites excluding steroid dienone is 4. The lowest BCUT2D eigenvalue weighted by molar-refractivity contribution is 0.415. The van der Waals surface area contributed by atoms with Gasteiger partial charge in [0.15, 0.2) is 0 Å². The molecule has 0 bridgehead atoms. The Kier molecular flexibility index (Phi) is 4.21. The molecule has 0 N–H and O–H groups in total. The number of carbonyl (C=O) groups excluding carboxylic acids is 1. The predicted molar refractivity (Wildman–Crippen MR) is 58.6 cm³/mol. The van der Waals surface area contributed by atoms with Gasteiger partial charge in [-0.25, -0.2) is 4.79 Å². The van der Waals surface area contributed by atoms with Crippen LogP contribution in [0.15, 0.2) is 29.5 Å². The molecule has 1 aliphatic carbocycles. The maximum absolute atomic E-state index is 10.4. The highest BCUT2D eigenvalue weighted by Gasteiger charge is 2.05. The van der Waals surface area contributed by atoms with Crippen LogP contribution in [0.3, 0.4) is 0 Å². The predicted octanol–water partition coefficient (Wildman–Crippen LogP) is 2.32. The van der Waals surface area contributed by atoms with Gasteiger partial charge in [0.1, 0.15) is 5.94 Å². The molecular formula is C12H17NO. The number of hydrogen-bond donors (Lipinski definition) is 0. The molecule has 0 saturated heterocycles. The van der Waals surface area contributed by atoms with Crippen molar-refractivity contribution in [3.05, 3.63) is 29.5 Å². The van der Waals surface area contributed by atoms with Gasteiger partial charge >= 0.3 is 0 Å². The second-order valence-electron chi connectivity index (χ2n) is 3.39. The third kappa shape index (κ3) is 2.90.